The lowest BCUT2D eigenvalue weighted by molar-refractivity contribution is -0.120. The van der Waals surface area contributed by atoms with Crippen molar-refractivity contribution in [1.29, 1.82) is 0 Å². The van der Waals surface area contributed by atoms with Crippen molar-refractivity contribution in [3.63, 3.8) is 0 Å². The van der Waals surface area contributed by atoms with E-state index < -0.39 is 0 Å². The van der Waals surface area contributed by atoms with Gasteiger partial charge in [-0.25, -0.2) is 14.6 Å². The molecule has 1 aromatic carbocycles. The van der Waals surface area contributed by atoms with E-state index in [1.807, 2.05) is 31.3 Å². The minimum absolute atomic E-state index is 0.0475. The molecular formula is C22H27N7O. The molecule has 0 saturated carbocycles. The number of amides is 1. The molecule has 0 radical (unpaired) electrons. The molecule has 0 unspecified atom stereocenters. The highest BCUT2D eigenvalue weighted by Crippen LogP contribution is 2.27. The highest BCUT2D eigenvalue weighted by molar-refractivity contribution is 5.95. The minimum atomic E-state index is -0.0602. The summed E-state index contributed by atoms with van der Waals surface area (Å²) in [4.78, 5) is 25.7. The number of aromatic nitrogens is 4. The summed E-state index contributed by atoms with van der Waals surface area (Å²) in [6.45, 7) is 9.53. The van der Waals surface area contributed by atoms with Gasteiger partial charge in [0.15, 0.2) is 5.82 Å². The Labute approximate surface area is 176 Å². The van der Waals surface area contributed by atoms with E-state index in [2.05, 4.69) is 56.2 Å². The second-order valence-electron chi connectivity index (χ2n) is 7.45. The lowest BCUT2D eigenvalue weighted by Gasteiger charge is -2.39. The number of anilines is 3. The van der Waals surface area contributed by atoms with Crippen molar-refractivity contribution in [2.24, 2.45) is 5.92 Å². The number of carbonyl (C=O) groups is 1. The normalized spacial score (nSPS) is 13.8. The molecule has 4 rings (SSSR count). The van der Waals surface area contributed by atoms with Gasteiger partial charge in [0.1, 0.15) is 12.1 Å². The summed E-state index contributed by atoms with van der Waals surface area (Å²) in [5.74, 6) is 1.50. The average molecular weight is 406 g/mol. The maximum Gasteiger partial charge on any atom is 0.231 e. The number of hydrogen-bond donors (Lipinski definition) is 1. The Morgan fingerprint density at radius 3 is 2.60 bits per heavy atom. The quantitative estimate of drug-likeness (QED) is 0.651. The second kappa shape index (κ2) is 8.52. The van der Waals surface area contributed by atoms with Gasteiger partial charge < -0.3 is 15.1 Å². The van der Waals surface area contributed by atoms with Gasteiger partial charge in [-0.15, -0.1) is 0 Å². The van der Waals surface area contributed by atoms with Crippen LogP contribution in [0.2, 0.25) is 0 Å². The molecule has 1 aliphatic rings. The van der Waals surface area contributed by atoms with Crippen LogP contribution in [0.5, 0.6) is 0 Å². The van der Waals surface area contributed by atoms with Crippen LogP contribution in [0.25, 0.3) is 5.82 Å². The summed E-state index contributed by atoms with van der Waals surface area (Å²) in [5.41, 5.74) is 3.13. The van der Waals surface area contributed by atoms with Gasteiger partial charge >= 0.3 is 0 Å². The van der Waals surface area contributed by atoms with Crippen LogP contribution in [0.15, 0.2) is 49.1 Å². The first kappa shape index (κ1) is 19.9. The Kier molecular flexibility index (Phi) is 5.65. The zero-order valence-corrected chi connectivity index (χ0v) is 17.6. The van der Waals surface area contributed by atoms with E-state index in [9.17, 15) is 4.79 Å². The van der Waals surface area contributed by atoms with E-state index in [0.717, 1.165) is 30.2 Å². The Morgan fingerprint density at radius 1 is 1.17 bits per heavy atom. The number of nitrogens with zero attached hydrogens (tertiary/aromatic N) is 6. The van der Waals surface area contributed by atoms with Gasteiger partial charge in [0.05, 0.1) is 5.92 Å². The number of carbonyl (C=O) groups excluding carboxylic acids is 1. The van der Waals surface area contributed by atoms with E-state index in [1.54, 1.807) is 10.9 Å². The summed E-state index contributed by atoms with van der Waals surface area (Å²) < 4.78 is 1.69. The zero-order chi connectivity index (χ0) is 21.1. The fourth-order valence-corrected chi connectivity index (χ4v) is 3.68. The first-order chi connectivity index (χ1) is 14.6. The van der Waals surface area contributed by atoms with Crippen molar-refractivity contribution in [2.45, 2.75) is 20.8 Å². The lowest BCUT2D eigenvalue weighted by Crippen LogP contribution is -2.52. The maximum atomic E-state index is 12.7. The molecule has 1 saturated heterocycles. The van der Waals surface area contributed by atoms with Crippen LogP contribution >= 0.6 is 0 Å². The van der Waals surface area contributed by atoms with Gasteiger partial charge in [-0.05, 0) is 50.6 Å². The van der Waals surface area contributed by atoms with Crippen molar-refractivity contribution >= 4 is 23.1 Å². The summed E-state index contributed by atoms with van der Waals surface area (Å²) in [7, 11) is 0. The molecule has 3 aromatic rings. The fourth-order valence-electron chi connectivity index (χ4n) is 3.68. The third-order valence-corrected chi connectivity index (χ3v) is 5.55. The average Bonchev–Trinajstić information content (AvgIpc) is 3.25. The zero-order valence-electron chi connectivity index (χ0n) is 17.6. The molecule has 1 amide bonds. The van der Waals surface area contributed by atoms with Crippen LogP contribution in [0, 0.1) is 12.8 Å². The summed E-state index contributed by atoms with van der Waals surface area (Å²) in [6.07, 6.45) is 5.08. The number of rotatable bonds is 7. The first-order valence-corrected chi connectivity index (χ1v) is 10.3. The molecule has 0 bridgehead atoms. The topological polar surface area (TPSA) is 79.2 Å². The lowest BCUT2D eigenvalue weighted by atomic mass is 9.98. The van der Waals surface area contributed by atoms with Crippen molar-refractivity contribution in [3.05, 3.63) is 54.6 Å². The van der Waals surface area contributed by atoms with Crippen molar-refractivity contribution in [3.8, 4) is 5.82 Å². The number of aryl methyl sites for hydroxylation is 1. The Morgan fingerprint density at radius 2 is 1.93 bits per heavy atom. The maximum absolute atomic E-state index is 12.7. The van der Waals surface area contributed by atoms with Crippen LogP contribution in [0.4, 0.5) is 17.2 Å². The Bertz CT molecular complexity index is 1010. The van der Waals surface area contributed by atoms with E-state index >= 15 is 0 Å². The molecule has 2 aromatic heterocycles. The molecule has 3 heterocycles. The molecule has 8 nitrogen and oxygen atoms in total. The van der Waals surface area contributed by atoms with Gasteiger partial charge in [-0.2, -0.15) is 5.10 Å². The Hall–Kier alpha value is -3.42. The van der Waals surface area contributed by atoms with Crippen LogP contribution in [-0.2, 0) is 4.79 Å². The van der Waals surface area contributed by atoms with Gasteiger partial charge in [0.25, 0.3) is 0 Å². The molecular weight excluding hydrogens is 378 g/mol. The third kappa shape index (κ3) is 3.98. The van der Waals surface area contributed by atoms with Crippen molar-refractivity contribution in [1.82, 2.24) is 19.7 Å². The van der Waals surface area contributed by atoms with Crippen LogP contribution in [0.3, 0.4) is 0 Å². The molecule has 0 spiro atoms. The van der Waals surface area contributed by atoms with Gasteiger partial charge in [-0.1, -0.05) is 0 Å². The highest BCUT2D eigenvalue weighted by atomic mass is 16.2. The number of benzene rings is 1. The largest absolute Gasteiger partial charge is 0.372 e. The fraction of sp³-hybridized carbons (Fsp3) is 0.364. The van der Waals surface area contributed by atoms with Gasteiger partial charge in [0.2, 0.25) is 5.91 Å². The smallest absolute Gasteiger partial charge is 0.231 e. The first-order valence-electron chi connectivity index (χ1n) is 10.3. The van der Waals surface area contributed by atoms with E-state index in [-0.39, 0.29) is 11.8 Å². The van der Waals surface area contributed by atoms with E-state index in [0.29, 0.717) is 18.9 Å². The van der Waals surface area contributed by atoms with Gasteiger partial charge in [0, 0.05) is 56.0 Å². The highest BCUT2D eigenvalue weighted by Gasteiger charge is 2.34. The molecule has 1 N–H and O–H groups in total. The molecule has 1 aliphatic heterocycles. The summed E-state index contributed by atoms with van der Waals surface area (Å²) >= 11 is 0. The predicted molar refractivity (Wildman–Crippen MR) is 118 cm³/mol. The summed E-state index contributed by atoms with van der Waals surface area (Å²) in [5, 5.41) is 7.29. The van der Waals surface area contributed by atoms with Gasteiger partial charge in [-0.3, -0.25) is 4.79 Å². The second-order valence-corrected chi connectivity index (χ2v) is 7.45. The van der Waals surface area contributed by atoms with Crippen LogP contribution < -0.4 is 15.1 Å². The molecule has 8 heteroatoms. The number of nitrogens with one attached hydrogen (secondary N) is 1. The molecule has 0 aliphatic carbocycles. The SMILES string of the molecule is CCN(CC)c1ccc(NC(=O)C2CN(c3cc(-n4cccn4)ncn3)C2)c(C)c1. The summed E-state index contributed by atoms with van der Waals surface area (Å²) in [6, 6.07) is 9.94. The number of hydrogen-bond acceptors (Lipinski definition) is 6. The monoisotopic (exact) mass is 405 g/mol. The molecule has 0 atom stereocenters. The van der Waals surface area contributed by atoms with E-state index in [1.165, 1.54) is 12.0 Å². The molecule has 1 fully saturated rings. The predicted octanol–water partition coefficient (Wildman–Crippen LogP) is 2.89. The minimum Gasteiger partial charge on any atom is -0.372 e. The van der Waals surface area contributed by atoms with Crippen LogP contribution in [-0.4, -0.2) is 51.8 Å². The van der Waals surface area contributed by atoms with Crippen LogP contribution in [0.1, 0.15) is 19.4 Å². The van der Waals surface area contributed by atoms with Crippen molar-refractivity contribution < 1.29 is 4.79 Å². The standard InChI is InChI=1S/C22H27N7O/c1-4-27(5-2)18-7-8-19(16(3)11-18)26-22(30)17-13-28(14-17)20-12-21(24-15-23-20)29-10-6-9-25-29/h6-12,15,17H,4-5,13-14H2,1-3H3,(H,26,30). The van der Waals surface area contributed by atoms with E-state index in [4.69, 9.17) is 0 Å². The molecule has 30 heavy (non-hydrogen) atoms. The third-order valence-electron chi connectivity index (χ3n) is 5.55. The Balaban J connectivity index is 1.36. The van der Waals surface area contributed by atoms with Crippen molar-refractivity contribution in [2.75, 3.05) is 41.3 Å². The molecule has 156 valence electrons.